The Bertz CT molecular complexity index is 460. The van der Waals surface area contributed by atoms with Crippen LogP contribution in [0.4, 0.5) is 0 Å². The molecule has 1 aromatic rings. The van der Waals surface area contributed by atoms with Gasteiger partial charge in [0.25, 0.3) is 0 Å². The van der Waals surface area contributed by atoms with Gasteiger partial charge in [-0.25, -0.2) is 4.79 Å². The SMILES string of the molecule is CCOC(=O)/C(C#N)=C\c1cccc(Cl)c1. The van der Waals surface area contributed by atoms with Crippen molar-refractivity contribution in [3.05, 3.63) is 40.4 Å². The minimum Gasteiger partial charge on any atom is -0.462 e. The van der Waals surface area contributed by atoms with Crippen LogP contribution in [0, 0.1) is 11.3 Å². The molecule has 0 N–H and O–H groups in total. The highest BCUT2D eigenvalue weighted by atomic mass is 35.5. The second-order valence-electron chi connectivity index (χ2n) is 2.95. The first-order valence-electron chi connectivity index (χ1n) is 4.72. The van der Waals surface area contributed by atoms with Gasteiger partial charge in [-0.15, -0.1) is 0 Å². The van der Waals surface area contributed by atoms with Crippen LogP contribution in [0.5, 0.6) is 0 Å². The van der Waals surface area contributed by atoms with Crippen LogP contribution >= 0.6 is 11.6 Å². The summed E-state index contributed by atoms with van der Waals surface area (Å²) in [4.78, 5) is 11.3. The lowest BCUT2D eigenvalue weighted by atomic mass is 10.1. The number of carbonyl (C=O) groups excluding carboxylic acids is 1. The summed E-state index contributed by atoms with van der Waals surface area (Å²) >= 11 is 5.78. The second-order valence-corrected chi connectivity index (χ2v) is 3.38. The minimum atomic E-state index is -0.620. The predicted octanol–water partition coefficient (Wildman–Crippen LogP) is 2.81. The maximum absolute atomic E-state index is 11.3. The van der Waals surface area contributed by atoms with Crippen molar-refractivity contribution in [1.29, 1.82) is 5.26 Å². The Morgan fingerprint density at radius 2 is 2.38 bits per heavy atom. The topological polar surface area (TPSA) is 50.1 Å². The van der Waals surface area contributed by atoms with Crippen LogP contribution in [0.1, 0.15) is 12.5 Å². The molecule has 0 aliphatic heterocycles. The predicted molar refractivity (Wildman–Crippen MR) is 61.7 cm³/mol. The molecule has 0 spiro atoms. The van der Waals surface area contributed by atoms with Gasteiger partial charge in [0.15, 0.2) is 0 Å². The lowest BCUT2D eigenvalue weighted by Crippen LogP contribution is -2.05. The molecule has 1 rings (SSSR count). The molecule has 0 bridgehead atoms. The molecule has 0 unspecified atom stereocenters. The molecule has 0 radical (unpaired) electrons. The standard InChI is InChI=1S/C12H10ClNO2/c1-2-16-12(15)10(8-14)6-9-4-3-5-11(13)7-9/h3-7H,2H2,1H3/b10-6-. The van der Waals surface area contributed by atoms with E-state index in [9.17, 15) is 4.79 Å². The molecule has 1 aromatic carbocycles. The summed E-state index contributed by atoms with van der Waals surface area (Å²) in [6.45, 7) is 1.93. The van der Waals surface area contributed by atoms with Crippen molar-refractivity contribution in [2.45, 2.75) is 6.92 Å². The fourth-order valence-electron chi connectivity index (χ4n) is 1.11. The number of carbonyl (C=O) groups is 1. The summed E-state index contributed by atoms with van der Waals surface area (Å²) in [6, 6.07) is 8.68. The van der Waals surface area contributed by atoms with Gasteiger partial charge in [0.2, 0.25) is 0 Å². The first-order chi connectivity index (χ1) is 7.67. The monoisotopic (exact) mass is 235 g/mol. The van der Waals surface area contributed by atoms with Crippen LogP contribution in [0.15, 0.2) is 29.8 Å². The van der Waals surface area contributed by atoms with Crippen molar-refractivity contribution in [2.75, 3.05) is 6.61 Å². The molecule has 0 fully saturated rings. The normalized spacial score (nSPS) is 10.7. The number of nitriles is 1. The van der Waals surface area contributed by atoms with E-state index in [0.717, 1.165) is 0 Å². The van der Waals surface area contributed by atoms with Crippen molar-refractivity contribution in [2.24, 2.45) is 0 Å². The zero-order valence-electron chi connectivity index (χ0n) is 8.74. The van der Waals surface area contributed by atoms with Gasteiger partial charge in [0, 0.05) is 5.02 Å². The van der Waals surface area contributed by atoms with E-state index in [1.54, 1.807) is 37.3 Å². The van der Waals surface area contributed by atoms with Crippen molar-refractivity contribution in [3.8, 4) is 6.07 Å². The Hall–Kier alpha value is -1.79. The molecule has 0 saturated carbocycles. The van der Waals surface area contributed by atoms with E-state index in [1.165, 1.54) is 6.08 Å². The molecule has 0 heterocycles. The van der Waals surface area contributed by atoms with Crippen LogP contribution in [-0.4, -0.2) is 12.6 Å². The van der Waals surface area contributed by atoms with Crippen molar-refractivity contribution >= 4 is 23.6 Å². The van der Waals surface area contributed by atoms with Crippen LogP contribution in [-0.2, 0) is 9.53 Å². The maximum atomic E-state index is 11.3. The van der Waals surface area contributed by atoms with E-state index in [1.807, 2.05) is 0 Å². The molecule has 0 aromatic heterocycles. The third kappa shape index (κ3) is 3.41. The van der Waals surface area contributed by atoms with Gasteiger partial charge in [0.1, 0.15) is 11.6 Å². The van der Waals surface area contributed by atoms with Crippen molar-refractivity contribution in [1.82, 2.24) is 0 Å². The number of nitrogens with zero attached hydrogens (tertiary/aromatic N) is 1. The first-order valence-corrected chi connectivity index (χ1v) is 5.09. The third-order valence-corrected chi connectivity index (χ3v) is 2.01. The molecular formula is C12H10ClNO2. The average Bonchev–Trinajstić information content (AvgIpc) is 2.26. The summed E-state index contributed by atoms with van der Waals surface area (Å²) in [5, 5.41) is 9.35. The smallest absolute Gasteiger partial charge is 0.348 e. The van der Waals surface area contributed by atoms with Crippen LogP contribution in [0.2, 0.25) is 5.02 Å². The molecular weight excluding hydrogens is 226 g/mol. The van der Waals surface area contributed by atoms with Gasteiger partial charge >= 0.3 is 5.97 Å². The molecule has 4 heteroatoms. The number of esters is 1. The molecule has 16 heavy (non-hydrogen) atoms. The summed E-state index contributed by atoms with van der Waals surface area (Å²) in [5.74, 6) is -0.620. The summed E-state index contributed by atoms with van der Waals surface area (Å²) in [7, 11) is 0. The fraction of sp³-hybridized carbons (Fsp3) is 0.167. The number of hydrogen-bond acceptors (Lipinski definition) is 3. The molecule has 0 aliphatic carbocycles. The number of ether oxygens (including phenoxy) is 1. The van der Waals surface area contributed by atoms with Gasteiger partial charge in [0.05, 0.1) is 6.61 Å². The van der Waals surface area contributed by atoms with E-state index < -0.39 is 5.97 Å². The first kappa shape index (κ1) is 12.3. The van der Waals surface area contributed by atoms with E-state index in [-0.39, 0.29) is 12.2 Å². The number of benzene rings is 1. The highest BCUT2D eigenvalue weighted by molar-refractivity contribution is 6.30. The number of rotatable bonds is 3. The maximum Gasteiger partial charge on any atom is 0.348 e. The highest BCUT2D eigenvalue weighted by Gasteiger charge is 2.09. The molecule has 0 aliphatic rings. The zero-order chi connectivity index (χ0) is 12.0. The molecule has 0 saturated heterocycles. The Balaban J connectivity index is 2.97. The number of halogens is 1. The van der Waals surface area contributed by atoms with Gasteiger partial charge in [-0.1, -0.05) is 23.7 Å². The molecule has 3 nitrogen and oxygen atoms in total. The van der Waals surface area contributed by atoms with Crippen LogP contribution in [0.25, 0.3) is 6.08 Å². The van der Waals surface area contributed by atoms with Gasteiger partial charge in [-0.05, 0) is 30.7 Å². The quantitative estimate of drug-likeness (QED) is 0.460. The molecule has 82 valence electrons. The van der Waals surface area contributed by atoms with Gasteiger partial charge in [-0.2, -0.15) is 5.26 Å². The molecule has 0 atom stereocenters. The fourth-order valence-corrected chi connectivity index (χ4v) is 1.31. The zero-order valence-corrected chi connectivity index (χ0v) is 9.49. The average molecular weight is 236 g/mol. The Morgan fingerprint density at radius 3 is 2.94 bits per heavy atom. The van der Waals surface area contributed by atoms with Crippen molar-refractivity contribution < 1.29 is 9.53 Å². The van der Waals surface area contributed by atoms with Crippen LogP contribution < -0.4 is 0 Å². The largest absolute Gasteiger partial charge is 0.462 e. The van der Waals surface area contributed by atoms with Gasteiger partial charge in [-0.3, -0.25) is 0 Å². The van der Waals surface area contributed by atoms with E-state index in [0.29, 0.717) is 10.6 Å². The van der Waals surface area contributed by atoms with E-state index in [4.69, 9.17) is 21.6 Å². The van der Waals surface area contributed by atoms with Crippen molar-refractivity contribution in [3.63, 3.8) is 0 Å². The number of hydrogen-bond donors (Lipinski definition) is 0. The Kier molecular flexibility index (Phi) is 4.56. The Labute approximate surface area is 98.9 Å². The summed E-state index contributed by atoms with van der Waals surface area (Å²) in [6.07, 6.45) is 1.45. The third-order valence-electron chi connectivity index (χ3n) is 1.78. The van der Waals surface area contributed by atoms with E-state index >= 15 is 0 Å². The van der Waals surface area contributed by atoms with E-state index in [2.05, 4.69) is 0 Å². The minimum absolute atomic E-state index is 0.0379. The summed E-state index contributed by atoms with van der Waals surface area (Å²) in [5.41, 5.74) is 0.654. The van der Waals surface area contributed by atoms with Gasteiger partial charge < -0.3 is 4.74 Å². The second kappa shape index (κ2) is 5.94. The molecule has 0 amide bonds. The Morgan fingerprint density at radius 1 is 1.62 bits per heavy atom. The van der Waals surface area contributed by atoms with Crippen LogP contribution in [0.3, 0.4) is 0 Å². The highest BCUT2D eigenvalue weighted by Crippen LogP contribution is 2.14. The lowest BCUT2D eigenvalue weighted by molar-refractivity contribution is -0.137. The lowest BCUT2D eigenvalue weighted by Gasteiger charge is -1.99. The summed E-state index contributed by atoms with van der Waals surface area (Å²) < 4.78 is 4.73.